The van der Waals surface area contributed by atoms with Crippen LogP contribution in [0.3, 0.4) is 0 Å². The summed E-state index contributed by atoms with van der Waals surface area (Å²) in [4.78, 5) is 23.5. The molecule has 6 nitrogen and oxygen atoms in total. The zero-order valence-electron chi connectivity index (χ0n) is 18.3. The molecule has 1 aromatic heterocycles. The number of nitrogens with one attached hydrogen (secondary N) is 2. The Morgan fingerprint density at radius 1 is 0.970 bits per heavy atom. The molecule has 2 heterocycles. The highest BCUT2D eigenvalue weighted by Crippen LogP contribution is 2.22. The number of carbonyl (C=O) groups excluding carboxylic acids is 1. The minimum absolute atomic E-state index is 0.00627. The highest BCUT2D eigenvalue weighted by atomic mass is 19.1. The van der Waals surface area contributed by atoms with Crippen molar-refractivity contribution in [3.63, 3.8) is 0 Å². The third kappa shape index (κ3) is 6.12. The van der Waals surface area contributed by atoms with Crippen LogP contribution in [0.2, 0.25) is 0 Å². The van der Waals surface area contributed by atoms with Crippen molar-refractivity contribution in [2.75, 3.05) is 28.6 Å². The molecule has 1 saturated heterocycles. The fraction of sp³-hybridized carbons (Fsp3) is 0.240. The third-order valence-electron chi connectivity index (χ3n) is 5.30. The number of anilines is 4. The van der Waals surface area contributed by atoms with Crippen molar-refractivity contribution >= 4 is 35.1 Å². The number of halogens is 2. The largest absolute Gasteiger partial charge is 0.356 e. The fourth-order valence-electron chi connectivity index (χ4n) is 3.65. The lowest BCUT2D eigenvalue weighted by molar-refractivity contribution is -0.111. The Kier molecular flexibility index (Phi) is 6.92. The van der Waals surface area contributed by atoms with Gasteiger partial charge < -0.3 is 15.5 Å². The van der Waals surface area contributed by atoms with Gasteiger partial charge in [-0.2, -0.15) is 4.98 Å². The number of aromatic nitrogens is 2. The molecule has 4 rings (SSSR count). The topological polar surface area (TPSA) is 70.2 Å². The van der Waals surface area contributed by atoms with Crippen LogP contribution in [0.1, 0.15) is 30.5 Å². The fourth-order valence-corrected chi connectivity index (χ4v) is 3.65. The predicted molar refractivity (Wildman–Crippen MR) is 127 cm³/mol. The van der Waals surface area contributed by atoms with Crippen molar-refractivity contribution in [2.24, 2.45) is 0 Å². The molecule has 0 aliphatic carbocycles. The van der Waals surface area contributed by atoms with Crippen molar-refractivity contribution in [1.29, 1.82) is 0 Å². The average Bonchev–Trinajstić information content (AvgIpc) is 2.81. The first-order chi connectivity index (χ1) is 16.0. The van der Waals surface area contributed by atoms with Gasteiger partial charge in [-0.15, -0.1) is 0 Å². The van der Waals surface area contributed by atoms with E-state index in [1.807, 2.05) is 13.0 Å². The molecule has 2 aromatic carbocycles. The van der Waals surface area contributed by atoms with Crippen LogP contribution in [0.15, 0.2) is 54.6 Å². The number of hydrogen-bond acceptors (Lipinski definition) is 5. The summed E-state index contributed by atoms with van der Waals surface area (Å²) >= 11 is 0. The smallest absolute Gasteiger partial charge is 0.248 e. The summed E-state index contributed by atoms with van der Waals surface area (Å²) < 4.78 is 26.9. The lowest BCUT2D eigenvalue weighted by Crippen LogP contribution is -2.30. The molecule has 170 valence electrons. The van der Waals surface area contributed by atoms with Crippen LogP contribution in [0.5, 0.6) is 0 Å². The van der Waals surface area contributed by atoms with Crippen LogP contribution < -0.4 is 15.5 Å². The molecule has 0 saturated carbocycles. The first-order valence-electron chi connectivity index (χ1n) is 10.9. The van der Waals surface area contributed by atoms with Crippen LogP contribution in [-0.2, 0) is 4.79 Å². The van der Waals surface area contributed by atoms with Crippen LogP contribution in [0, 0.1) is 18.6 Å². The Labute approximate surface area is 191 Å². The van der Waals surface area contributed by atoms with Gasteiger partial charge in [-0.1, -0.05) is 0 Å². The van der Waals surface area contributed by atoms with Gasteiger partial charge in [-0.05, 0) is 74.7 Å². The summed E-state index contributed by atoms with van der Waals surface area (Å²) in [5.41, 5.74) is 2.24. The first-order valence-corrected chi connectivity index (χ1v) is 10.9. The first kappa shape index (κ1) is 22.4. The number of carbonyl (C=O) groups is 1. The van der Waals surface area contributed by atoms with Gasteiger partial charge >= 0.3 is 0 Å². The molecule has 1 amide bonds. The van der Waals surface area contributed by atoms with E-state index in [1.165, 1.54) is 25.3 Å². The monoisotopic (exact) mass is 449 g/mol. The summed E-state index contributed by atoms with van der Waals surface area (Å²) in [5, 5.41) is 5.90. The highest BCUT2D eigenvalue weighted by molar-refractivity contribution is 6.02. The molecule has 0 bridgehead atoms. The molecule has 0 unspecified atom stereocenters. The van der Waals surface area contributed by atoms with Crippen molar-refractivity contribution in [1.82, 2.24) is 9.97 Å². The van der Waals surface area contributed by atoms with Gasteiger partial charge in [0.2, 0.25) is 11.9 Å². The molecular weight excluding hydrogens is 424 g/mol. The normalized spacial score (nSPS) is 13.8. The van der Waals surface area contributed by atoms with Crippen molar-refractivity contribution < 1.29 is 13.6 Å². The van der Waals surface area contributed by atoms with Gasteiger partial charge in [0, 0.05) is 47.9 Å². The zero-order chi connectivity index (χ0) is 23.2. The predicted octanol–water partition coefficient (Wildman–Crippen LogP) is 5.45. The number of nitrogens with zero attached hydrogens (tertiary/aromatic N) is 3. The van der Waals surface area contributed by atoms with E-state index in [0.29, 0.717) is 11.6 Å². The van der Waals surface area contributed by atoms with Crippen molar-refractivity contribution in [3.8, 4) is 0 Å². The number of piperidine rings is 1. The maximum absolute atomic E-state index is 13.7. The van der Waals surface area contributed by atoms with E-state index in [9.17, 15) is 13.6 Å². The Hall–Kier alpha value is -3.81. The minimum Gasteiger partial charge on any atom is -0.356 e. The summed E-state index contributed by atoms with van der Waals surface area (Å²) in [6, 6.07) is 12.2. The van der Waals surface area contributed by atoms with E-state index in [1.54, 1.807) is 24.3 Å². The molecule has 3 aromatic rings. The number of benzene rings is 2. The lowest BCUT2D eigenvalue weighted by atomic mass is 10.1. The van der Waals surface area contributed by atoms with Gasteiger partial charge in [0.05, 0.1) is 0 Å². The second-order valence-corrected chi connectivity index (χ2v) is 7.93. The van der Waals surface area contributed by atoms with Crippen LogP contribution in [-0.4, -0.2) is 29.0 Å². The van der Waals surface area contributed by atoms with Gasteiger partial charge in [0.25, 0.3) is 0 Å². The third-order valence-corrected chi connectivity index (χ3v) is 5.30. The molecule has 0 atom stereocenters. The van der Waals surface area contributed by atoms with Gasteiger partial charge in [-0.3, -0.25) is 4.79 Å². The number of amides is 1. The zero-order valence-corrected chi connectivity index (χ0v) is 18.3. The van der Waals surface area contributed by atoms with Crippen molar-refractivity contribution in [2.45, 2.75) is 26.2 Å². The van der Waals surface area contributed by atoms with E-state index < -0.39 is 17.5 Å². The van der Waals surface area contributed by atoms with Gasteiger partial charge in [0.1, 0.15) is 17.5 Å². The molecule has 0 radical (unpaired) electrons. The SMILES string of the molecule is Cc1cc(N2CCCCC2)nc(Nc2ccc(NC(=O)/C=C/c3cc(F)ccc3F)cc2)n1. The second kappa shape index (κ2) is 10.2. The average molecular weight is 450 g/mol. The van der Waals surface area contributed by atoms with E-state index in [4.69, 9.17) is 0 Å². The maximum atomic E-state index is 13.7. The number of hydrogen-bond donors (Lipinski definition) is 2. The lowest BCUT2D eigenvalue weighted by Gasteiger charge is -2.28. The van der Waals surface area contributed by atoms with E-state index in [2.05, 4.69) is 25.5 Å². The molecular formula is C25H25F2N5O. The summed E-state index contributed by atoms with van der Waals surface area (Å²) in [7, 11) is 0. The molecule has 2 N–H and O–H groups in total. The molecule has 0 spiro atoms. The van der Waals surface area contributed by atoms with Gasteiger partial charge in [0.15, 0.2) is 0 Å². The van der Waals surface area contributed by atoms with Crippen LogP contribution >= 0.6 is 0 Å². The number of aryl methyl sites for hydroxylation is 1. The standard InChI is InChI=1S/C25H25F2N5O/c1-17-15-23(32-13-3-2-4-14-32)31-25(28-17)30-21-9-7-20(8-10-21)29-24(33)12-5-18-16-19(26)6-11-22(18)27/h5-12,15-16H,2-4,13-14H2,1H3,(H,29,33)(H,28,30,31)/b12-5+. The highest BCUT2D eigenvalue weighted by Gasteiger charge is 2.14. The number of rotatable bonds is 6. The van der Waals surface area contributed by atoms with Crippen molar-refractivity contribution in [3.05, 3.63) is 77.5 Å². The molecule has 1 aliphatic rings. The van der Waals surface area contributed by atoms with E-state index in [-0.39, 0.29) is 5.56 Å². The summed E-state index contributed by atoms with van der Waals surface area (Å²) in [6.07, 6.45) is 5.99. The van der Waals surface area contributed by atoms with E-state index in [0.717, 1.165) is 54.6 Å². The maximum Gasteiger partial charge on any atom is 0.248 e. The van der Waals surface area contributed by atoms with Crippen LogP contribution in [0.4, 0.5) is 31.9 Å². The Balaban J connectivity index is 1.38. The Bertz CT molecular complexity index is 1160. The van der Waals surface area contributed by atoms with Crippen LogP contribution in [0.25, 0.3) is 6.08 Å². The molecule has 8 heteroatoms. The minimum atomic E-state index is -0.599. The Morgan fingerprint density at radius 2 is 1.70 bits per heavy atom. The summed E-state index contributed by atoms with van der Waals surface area (Å²) in [6.45, 7) is 3.96. The van der Waals surface area contributed by atoms with Gasteiger partial charge in [-0.25, -0.2) is 13.8 Å². The Morgan fingerprint density at radius 3 is 2.45 bits per heavy atom. The van der Waals surface area contributed by atoms with E-state index >= 15 is 0 Å². The quantitative estimate of drug-likeness (QED) is 0.490. The molecule has 1 fully saturated rings. The second-order valence-electron chi connectivity index (χ2n) is 7.93. The molecule has 1 aliphatic heterocycles. The summed E-state index contributed by atoms with van der Waals surface area (Å²) in [5.74, 6) is -0.173. The molecule has 33 heavy (non-hydrogen) atoms.